The van der Waals surface area contributed by atoms with Crippen molar-refractivity contribution in [1.82, 2.24) is 9.80 Å². The number of likely N-dealkylation sites (tertiary alicyclic amines) is 1. The molecule has 3 fully saturated rings. The number of alkyl halides is 3. The molecule has 0 spiro atoms. The monoisotopic (exact) mass is 490 g/mol. The van der Waals surface area contributed by atoms with Crippen LogP contribution < -0.4 is 19.7 Å². The fraction of sp³-hybridized carbons (Fsp3) is 0.348. The van der Waals surface area contributed by atoms with E-state index in [1.54, 1.807) is 18.2 Å². The highest BCUT2D eigenvalue weighted by molar-refractivity contribution is 6.22. The van der Waals surface area contributed by atoms with Crippen molar-refractivity contribution in [3.8, 4) is 11.5 Å². The van der Waals surface area contributed by atoms with Gasteiger partial charge in [0.05, 0.1) is 37.6 Å². The summed E-state index contributed by atoms with van der Waals surface area (Å²) in [5.74, 6) is 0.298. The molecule has 2 bridgehead atoms. The minimum atomic E-state index is -4.62. The van der Waals surface area contributed by atoms with Crippen LogP contribution in [0.4, 0.5) is 34.1 Å². The molecular weight excluding hydrogens is 469 g/mol. The van der Waals surface area contributed by atoms with Gasteiger partial charge in [-0.1, -0.05) is 6.07 Å². The second-order valence-corrected chi connectivity index (χ2v) is 8.50. The summed E-state index contributed by atoms with van der Waals surface area (Å²) in [7, 11) is 2.96. The van der Waals surface area contributed by atoms with Crippen molar-refractivity contribution < 1.29 is 37.0 Å². The Labute approximate surface area is 198 Å². The highest BCUT2D eigenvalue weighted by atomic mass is 19.4. The summed E-state index contributed by atoms with van der Waals surface area (Å²) < 4.78 is 49.9. The average Bonchev–Trinajstić information content (AvgIpc) is 3.49. The molecule has 2 aromatic carbocycles. The lowest BCUT2D eigenvalue weighted by Crippen LogP contribution is -2.55. The molecular formula is C23H21F3N4O5. The van der Waals surface area contributed by atoms with E-state index in [4.69, 9.17) is 9.47 Å². The first kappa shape index (κ1) is 22.8. The fourth-order valence-corrected chi connectivity index (χ4v) is 5.02. The predicted molar refractivity (Wildman–Crippen MR) is 117 cm³/mol. The average molecular weight is 490 g/mol. The quantitative estimate of drug-likeness (QED) is 0.662. The number of methoxy groups -OCH3 is 2. The van der Waals surface area contributed by atoms with Gasteiger partial charge in [0.15, 0.2) is 0 Å². The van der Waals surface area contributed by atoms with Gasteiger partial charge in [0, 0.05) is 30.4 Å². The number of urea groups is 2. The molecule has 12 heteroatoms. The summed E-state index contributed by atoms with van der Waals surface area (Å²) >= 11 is 0. The second kappa shape index (κ2) is 8.07. The predicted octanol–water partition coefficient (Wildman–Crippen LogP) is 3.55. The lowest BCUT2D eigenvalue weighted by molar-refractivity contribution is -0.137. The van der Waals surface area contributed by atoms with Crippen LogP contribution in [0.1, 0.15) is 12.0 Å². The number of amides is 5. The lowest BCUT2D eigenvalue weighted by atomic mass is 10.1. The molecule has 0 aromatic heterocycles. The van der Waals surface area contributed by atoms with Gasteiger partial charge < -0.3 is 24.6 Å². The SMILES string of the molecule is COc1cc(NC(=O)N2C[C@@H]3C[C@@H]2[C@H]2C(=O)N(c4cccc(C(F)(F)F)c4)C(=O)N32)cc(OC)c1. The van der Waals surface area contributed by atoms with Crippen LogP contribution in [0.5, 0.6) is 11.5 Å². The van der Waals surface area contributed by atoms with Crippen molar-refractivity contribution in [2.75, 3.05) is 31.0 Å². The Bertz CT molecular complexity index is 1200. The number of carbonyl (C=O) groups is 3. The van der Waals surface area contributed by atoms with Crippen molar-refractivity contribution in [3.05, 3.63) is 48.0 Å². The Balaban J connectivity index is 1.37. The van der Waals surface area contributed by atoms with Gasteiger partial charge in [-0.3, -0.25) is 4.79 Å². The van der Waals surface area contributed by atoms with Gasteiger partial charge in [-0.2, -0.15) is 13.2 Å². The first-order valence-corrected chi connectivity index (χ1v) is 10.8. The smallest absolute Gasteiger partial charge is 0.416 e. The molecule has 35 heavy (non-hydrogen) atoms. The number of ether oxygens (including phenoxy) is 2. The van der Waals surface area contributed by atoms with Crippen LogP contribution >= 0.6 is 0 Å². The van der Waals surface area contributed by atoms with E-state index in [2.05, 4.69) is 5.32 Å². The minimum absolute atomic E-state index is 0.150. The molecule has 1 N–H and O–H groups in total. The summed E-state index contributed by atoms with van der Waals surface area (Å²) in [6.07, 6.45) is -4.21. The molecule has 3 aliphatic rings. The molecule has 0 aliphatic carbocycles. The number of benzene rings is 2. The van der Waals surface area contributed by atoms with E-state index in [-0.39, 0.29) is 12.2 Å². The summed E-state index contributed by atoms with van der Waals surface area (Å²) in [6.45, 7) is 0.198. The number of piperazine rings is 1. The minimum Gasteiger partial charge on any atom is -0.497 e. The zero-order valence-corrected chi connectivity index (χ0v) is 18.7. The largest absolute Gasteiger partial charge is 0.497 e. The molecule has 0 unspecified atom stereocenters. The number of anilines is 2. The highest BCUT2D eigenvalue weighted by Gasteiger charge is 2.63. The van der Waals surface area contributed by atoms with Gasteiger partial charge in [-0.15, -0.1) is 0 Å². The van der Waals surface area contributed by atoms with Crippen molar-refractivity contribution >= 4 is 29.3 Å². The number of hydrogen-bond acceptors (Lipinski definition) is 5. The van der Waals surface area contributed by atoms with Gasteiger partial charge in [-0.25, -0.2) is 14.5 Å². The highest BCUT2D eigenvalue weighted by Crippen LogP contribution is 2.43. The lowest BCUT2D eigenvalue weighted by Gasteiger charge is -2.34. The third-order valence-corrected chi connectivity index (χ3v) is 6.56. The van der Waals surface area contributed by atoms with Crippen molar-refractivity contribution in [3.63, 3.8) is 0 Å². The van der Waals surface area contributed by atoms with E-state index in [1.165, 1.54) is 30.1 Å². The van der Waals surface area contributed by atoms with Crippen LogP contribution in [0.25, 0.3) is 0 Å². The Hall–Kier alpha value is -3.96. The van der Waals surface area contributed by atoms with Crippen LogP contribution in [0.15, 0.2) is 42.5 Å². The molecule has 3 aliphatic heterocycles. The van der Waals surface area contributed by atoms with E-state index in [1.807, 2.05) is 0 Å². The van der Waals surface area contributed by atoms with Gasteiger partial charge in [0.25, 0.3) is 5.91 Å². The van der Waals surface area contributed by atoms with Gasteiger partial charge >= 0.3 is 18.2 Å². The van der Waals surface area contributed by atoms with Gasteiger partial charge in [0.1, 0.15) is 17.5 Å². The molecule has 2 aromatic rings. The van der Waals surface area contributed by atoms with E-state index >= 15 is 0 Å². The standard InChI is InChI=1S/C23H21F3N4O5/c1-34-16-7-13(8-17(10-16)35-2)27-21(32)28-11-15-9-18(28)19-20(31)30(22(33)29(15)19)14-5-3-4-12(6-14)23(24,25)26/h3-8,10,15,18-19H,9,11H2,1-2H3,(H,27,32)/t15-,18+,19-/m0/s1. The Morgan fingerprint density at radius 1 is 1.06 bits per heavy atom. The summed E-state index contributed by atoms with van der Waals surface area (Å²) in [5, 5.41) is 2.76. The van der Waals surface area contributed by atoms with Crippen molar-refractivity contribution in [1.29, 1.82) is 0 Å². The van der Waals surface area contributed by atoms with E-state index in [9.17, 15) is 27.6 Å². The van der Waals surface area contributed by atoms with E-state index in [0.717, 1.165) is 23.1 Å². The van der Waals surface area contributed by atoms with Crippen LogP contribution in [-0.2, 0) is 11.0 Å². The molecule has 3 heterocycles. The molecule has 5 amide bonds. The van der Waals surface area contributed by atoms with Gasteiger partial charge in [-0.05, 0) is 24.6 Å². The fourth-order valence-electron chi connectivity index (χ4n) is 5.02. The number of hydrogen-bond donors (Lipinski definition) is 1. The van der Waals surface area contributed by atoms with Crippen LogP contribution in [0, 0.1) is 0 Å². The van der Waals surface area contributed by atoms with Crippen LogP contribution in [0.2, 0.25) is 0 Å². The number of imide groups is 1. The Morgan fingerprint density at radius 2 is 1.74 bits per heavy atom. The van der Waals surface area contributed by atoms with Gasteiger partial charge in [0.2, 0.25) is 0 Å². The molecule has 184 valence electrons. The zero-order chi connectivity index (χ0) is 25.1. The zero-order valence-electron chi connectivity index (χ0n) is 18.7. The maximum absolute atomic E-state index is 13.2. The van der Waals surface area contributed by atoms with Crippen molar-refractivity contribution in [2.45, 2.75) is 30.7 Å². The van der Waals surface area contributed by atoms with Crippen molar-refractivity contribution in [2.24, 2.45) is 0 Å². The second-order valence-electron chi connectivity index (χ2n) is 8.50. The number of halogens is 3. The summed E-state index contributed by atoms with van der Waals surface area (Å²) in [5.41, 5.74) is -0.686. The maximum atomic E-state index is 13.2. The first-order valence-electron chi connectivity index (χ1n) is 10.8. The number of nitrogens with zero attached hydrogens (tertiary/aromatic N) is 3. The topological polar surface area (TPSA) is 91.4 Å². The number of rotatable bonds is 4. The summed E-state index contributed by atoms with van der Waals surface area (Å²) in [6, 6.07) is 5.85. The molecule has 0 radical (unpaired) electrons. The Kier molecular flexibility index (Phi) is 5.26. The molecule has 5 rings (SSSR count). The van der Waals surface area contributed by atoms with E-state index in [0.29, 0.717) is 23.6 Å². The molecule has 3 atom stereocenters. The third kappa shape index (κ3) is 3.69. The van der Waals surface area contributed by atoms with Crippen LogP contribution in [0.3, 0.4) is 0 Å². The maximum Gasteiger partial charge on any atom is 0.416 e. The molecule has 0 saturated carbocycles. The first-order chi connectivity index (χ1) is 16.6. The normalized spacial score (nSPS) is 23.1. The number of fused-ring (bicyclic) bond motifs is 5. The molecule has 9 nitrogen and oxygen atoms in total. The number of carbonyl (C=O) groups excluding carboxylic acids is 3. The van der Waals surface area contributed by atoms with E-state index < -0.39 is 47.8 Å². The third-order valence-electron chi connectivity index (χ3n) is 6.56. The number of nitrogens with one attached hydrogen (secondary N) is 1. The van der Waals surface area contributed by atoms with Crippen LogP contribution in [-0.4, -0.2) is 66.7 Å². The summed E-state index contributed by atoms with van der Waals surface area (Å²) in [4.78, 5) is 43.0. The molecule has 3 saturated heterocycles. The Morgan fingerprint density at radius 3 is 2.37 bits per heavy atom.